The molecule has 4 N–H and O–H groups in total. The summed E-state index contributed by atoms with van der Waals surface area (Å²) in [5, 5.41) is 12.6. The number of nitrogens with one attached hydrogen (secondary N) is 1. The highest BCUT2D eigenvalue weighted by molar-refractivity contribution is 5.79. The molecule has 1 atom stereocenters. The quantitative estimate of drug-likeness (QED) is 0.727. The van der Waals surface area contributed by atoms with E-state index in [1.54, 1.807) is 24.3 Å². The molecule has 142 valence electrons. The summed E-state index contributed by atoms with van der Waals surface area (Å²) in [6.45, 7) is 2.00. The molecule has 6 heteroatoms. The Hall–Kier alpha value is -3.02. The number of carbonyl (C=O) groups is 2. The fraction of sp³-hybridized carbons (Fsp3) is 0.333. The van der Waals surface area contributed by atoms with Crippen molar-refractivity contribution in [1.29, 1.82) is 0 Å². The Morgan fingerprint density at radius 3 is 2.59 bits per heavy atom. The van der Waals surface area contributed by atoms with E-state index in [-0.39, 0.29) is 29.9 Å². The molecule has 1 heterocycles. The number of primary amides is 1. The lowest BCUT2D eigenvalue weighted by Crippen LogP contribution is -2.41. The van der Waals surface area contributed by atoms with Gasteiger partial charge in [0.15, 0.2) is 0 Å². The van der Waals surface area contributed by atoms with Crippen molar-refractivity contribution >= 4 is 17.5 Å². The predicted octanol–water partition coefficient (Wildman–Crippen LogP) is 1.95. The Morgan fingerprint density at radius 1 is 1.15 bits per heavy atom. The van der Waals surface area contributed by atoms with E-state index < -0.39 is 0 Å². The Kier molecular flexibility index (Phi) is 5.96. The Balaban J connectivity index is 1.52. The number of rotatable bonds is 6. The van der Waals surface area contributed by atoms with Gasteiger partial charge >= 0.3 is 0 Å². The van der Waals surface area contributed by atoms with E-state index in [0.29, 0.717) is 18.7 Å². The second kappa shape index (κ2) is 8.58. The van der Waals surface area contributed by atoms with E-state index in [4.69, 9.17) is 5.73 Å². The molecule has 0 aliphatic carbocycles. The largest absolute Gasteiger partial charge is 0.508 e. The van der Waals surface area contributed by atoms with Crippen LogP contribution in [0.3, 0.4) is 0 Å². The summed E-state index contributed by atoms with van der Waals surface area (Å²) in [6, 6.07) is 14.8. The number of phenols is 1. The van der Waals surface area contributed by atoms with Gasteiger partial charge in [0.2, 0.25) is 11.8 Å². The van der Waals surface area contributed by atoms with Gasteiger partial charge in [-0.15, -0.1) is 0 Å². The van der Waals surface area contributed by atoms with Crippen LogP contribution in [0.15, 0.2) is 48.5 Å². The first-order valence-corrected chi connectivity index (χ1v) is 9.19. The van der Waals surface area contributed by atoms with Crippen molar-refractivity contribution in [2.75, 3.05) is 18.0 Å². The van der Waals surface area contributed by atoms with Crippen LogP contribution in [0.5, 0.6) is 5.75 Å². The number of nitrogens with two attached hydrogens (primary N) is 1. The van der Waals surface area contributed by atoms with Gasteiger partial charge in [-0.25, -0.2) is 0 Å². The third kappa shape index (κ3) is 5.00. The fourth-order valence-corrected chi connectivity index (χ4v) is 3.36. The lowest BCUT2D eigenvalue weighted by atomic mass is 9.97. The maximum absolute atomic E-state index is 12.1. The van der Waals surface area contributed by atoms with Crippen LogP contribution >= 0.6 is 0 Å². The number of amides is 2. The Labute approximate surface area is 159 Å². The molecule has 0 spiro atoms. The molecule has 2 aromatic rings. The van der Waals surface area contributed by atoms with Gasteiger partial charge in [0, 0.05) is 30.9 Å². The summed E-state index contributed by atoms with van der Waals surface area (Å²) in [5.41, 5.74) is 8.11. The van der Waals surface area contributed by atoms with E-state index in [2.05, 4.69) is 10.2 Å². The number of hydrogen-bond donors (Lipinski definition) is 3. The van der Waals surface area contributed by atoms with Crippen LogP contribution in [0.25, 0.3) is 0 Å². The molecule has 1 saturated heterocycles. The Morgan fingerprint density at radius 2 is 1.89 bits per heavy atom. The molecule has 1 fully saturated rings. The molecule has 2 amide bonds. The summed E-state index contributed by atoms with van der Waals surface area (Å²) >= 11 is 0. The van der Waals surface area contributed by atoms with Crippen LogP contribution in [0.1, 0.15) is 24.0 Å². The van der Waals surface area contributed by atoms with E-state index in [0.717, 1.165) is 30.6 Å². The molecule has 0 radical (unpaired) electrons. The van der Waals surface area contributed by atoms with Gasteiger partial charge in [-0.1, -0.05) is 30.3 Å². The zero-order chi connectivity index (χ0) is 19.2. The van der Waals surface area contributed by atoms with Crippen molar-refractivity contribution in [3.05, 3.63) is 59.7 Å². The van der Waals surface area contributed by atoms with Gasteiger partial charge < -0.3 is 21.1 Å². The van der Waals surface area contributed by atoms with Gasteiger partial charge in [-0.2, -0.15) is 0 Å². The van der Waals surface area contributed by atoms with Gasteiger partial charge in [0.05, 0.1) is 12.3 Å². The van der Waals surface area contributed by atoms with Gasteiger partial charge in [-0.05, 0) is 36.6 Å². The summed E-state index contributed by atoms with van der Waals surface area (Å²) in [4.78, 5) is 25.7. The number of benzene rings is 2. The monoisotopic (exact) mass is 367 g/mol. The van der Waals surface area contributed by atoms with Crippen molar-refractivity contribution in [2.45, 2.75) is 25.8 Å². The minimum absolute atomic E-state index is 0.0906. The zero-order valence-electron chi connectivity index (χ0n) is 15.2. The molecule has 1 aliphatic heterocycles. The van der Waals surface area contributed by atoms with Gasteiger partial charge in [-0.3, -0.25) is 9.59 Å². The SMILES string of the molecule is NC(=O)C1CCCN(c2ccc(CNC(=O)Cc3ccccc3O)cc2)C1. The van der Waals surface area contributed by atoms with Crippen LogP contribution in [0.2, 0.25) is 0 Å². The fourth-order valence-electron chi connectivity index (χ4n) is 3.36. The molecule has 0 aromatic heterocycles. The molecule has 1 aliphatic rings. The van der Waals surface area contributed by atoms with Crippen LogP contribution in [0, 0.1) is 5.92 Å². The topological polar surface area (TPSA) is 95.7 Å². The van der Waals surface area contributed by atoms with Crippen molar-refractivity contribution < 1.29 is 14.7 Å². The van der Waals surface area contributed by atoms with Crippen molar-refractivity contribution in [3.63, 3.8) is 0 Å². The molecule has 0 bridgehead atoms. The van der Waals surface area contributed by atoms with E-state index in [1.165, 1.54) is 0 Å². The number of phenolic OH excluding ortho intramolecular Hbond substituents is 1. The van der Waals surface area contributed by atoms with Gasteiger partial charge in [0.1, 0.15) is 5.75 Å². The molecular formula is C21H25N3O3. The van der Waals surface area contributed by atoms with E-state index in [1.807, 2.05) is 24.3 Å². The van der Waals surface area contributed by atoms with Crippen LogP contribution < -0.4 is 16.0 Å². The molecule has 1 unspecified atom stereocenters. The standard InChI is InChI=1S/C21H25N3O3/c22-21(27)17-5-3-11-24(14-17)18-9-7-15(8-10-18)13-23-20(26)12-16-4-1-2-6-19(16)25/h1-2,4,6-10,17,25H,3,5,11-14H2,(H2,22,27)(H,23,26). The lowest BCUT2D eigenvalue weighted by Gasteiger charge is -2.33. The number of hydrogen-bond acceptors (Lipinski definition) is 4. The maximum atomic E-state index is 12.1. The molecule has 27 heavy (non-hydrogen) atoms. The first kappa shape index (κ1) is 18.8. The first-order chi connectivity index (χ1) is 13.0. The third-order valence-electron chi connectivity index (χ3n) is 4.96. The molecule has 0 saturated carbocycles. The summed E-state index contributed by atoms with van der Waals surface area (Å²) in [6.07, 6.45) is 1.96. The number of nitrogens with zero attached hydrogens (tertiary/aromatic N) is 1. The minimum atomic E-state index is -0.233. The average molecular weight is 367 g/mol. The second-order valence-corrected chi connectivity index (χ2v) is 6.94. The highest BCUT2D eigenvalue weighted by Crippen LogP contribution is 2.23. The second-order valence-electron chi connectivity index (χ2n) is 6.94. The first-order valence-electron chi connectivity index (χ1n) is 9.19. The van der Waals surface area contributed by atoms with Crippen molar-refractivity contribution in [2.24, 2.45) is 11.7 Å². The van der Waals surface area contributed by atoms with Crippen LogP contribution in [-0.2, 0) is 22.6 Å². The average Bonchev–Trinajstić information content (AvgIpc) is 2.69. The predicted molar refractivity (Wildman–Crippen MR) is 104 cm³/mol. The number of carbonyl (C=O) groups excluding carboxylic acids is 2. The maximum Gasteiger partial charge on any atom is 0.224 e. The summed E-state index contributed by atoms with van der Waals surface area (Å²) in [5.74, 6) is -0.329. The summed E-state index contributed by atoms with van der Waals surface area (Å²) < 4.78 is 0. The van der Waals surface area contributed by atoms with E-state index >= 15 is 0 Å². The molecule has 2 aromatic carbocycles. The molecular weight excluding hydrogens is 342 g/mol. The van der Waals surface area contributed by atoms with Crippen molar-refractivity contribution in [3.8, 4) is 5.75 Å². The number of aromatic hydroxyl groups is 1. The highest BCUT2D eigenvalue weighted by atomic mass is 16.3. The minimum Gasteiger partial charge on any atom is -0.508 e. The van der Waals surface area contributed by atoms with Gasteiger partial charge in [0.25, 0.3) is 0 Å². The highest BCUT2D eigenvalue weighted by Gasteiger charge is 2.24. The van der Waals surface area contributed by atoms with Crippen LogP contribution in [0.4, 0.5) is 5.69 Å². The lowest BCUT2D eigenvalue weighted by molar-refractivity contribution is -0.122. The summed E-state index contributed by atoms with van der Waals surface area (Å²) in [7, 11) is 0. The normalized spacial score (nSPS) is 16.7. The van der Waals surface area contributed by atoms with Crippen molar-refractivity contribution in [1.82, 2.24) is 5.32 Å². The molecule has 6 nitrogen and oxygen atoms in total. The van der Waals surface area contributed by atoms with E-state index in [9.17, 15) is 14.7 Å². The molecule has 3 rings (SSSR count). The third-order valence-corrected chi connectivity index (χ3v) is 4.96. The number of para-hydroxylation sites is 1. The number of piperidine rings is 1. The smallest absolute Gasteiger partial charge is 0.224 e. The van der Waals surface area contributed by atoms with Crippen LogP contribution in [-0.4, -0.2) is 30.0 Å². The zero-order valence-corrected chi connectivity index (χ0v) is 15.2. The Bertz CT molecular complexity index is 805. The number of anilines is 1.